The van der Waals surface area contributed by atoms with Crippen LogP contribution in [-0.4, -0.2) is 5.88 Å². The standard InChI is InChI=1S/C9H9ClS/c1-8-6-11-7-9(8)4-2-3-5-10/h6-7H,3,5H2,1H3. The molecular weight excluding hydrogens is 176 g/mol. The van der Waals surface area contributed by atoms with E-state index in [2.05, 4.69) is 29.5 Å². The van der Waals surface area contributed by atoms with Gasteiger partial charge in [-0.1, -0.05) is 11.8 Å². The van der Waals surface area contributed by atoms with Crippen LogP contribution in [0.3, 0.4) is 0 Å². The highest BCUT2D eigenvalue weighted by atomic mass is 35.5. The van der Waals surface area contributed by atoms with E-state index < -0.39 is 0 Å². The molecule has 0 aliphatic rings. The molecule has 1 aromatic heterocycles. The van der Waals surface area contributed by atoms with E-state index >= 15 is 0 Å². The van der Waals surface area contributed by atoms with Crippen molar-refractivity contribution in [3.63, 3.8) is 0 Å². The minimum Gasteiger partial charge on any atom is -0.151 e. The Kier molecular flexibility index (Phi) is 3.48. The second-order valence-corrected chi connectivity index (χ2v) is 3.33. The Balaban J connectivity index is 2.65. The monoisotopic (exact) mass is 184 g/mol. The summed E-state index contributed by atoms with van der Waals surface area (Å²) < 4.78 is 0. The van der Waals surface area contributed by atoms with Gasteiger partial charge in [-0.05, 0) is 17.9 Å². The van der Waals surface area contributed by atoms with Gasteiger partial charge in [-0.25, -0.2) is 0 Å². The fraction of sp³-hybridized carbons (Fsp3) is 0.333. The maximum absolute atomic E-state index is 5.48. The van der Waals surface area contributed by atoms with Crippen LogP contribution in [0.15, 0.2) is 10.8 Å². The topological polar surface area (TPSA) is 0 Å². The Labute approximate surface area is 76.2 Å². The van der Waals surface area contributed by atoms with E-state index in [1.165, 1.54) is 5.56 Å². The molecule has 0 fully saturated rings. The zero-order valence-corrected chi connectivity index (χ0v) is 7.93. The Morgan fingerprint density at radius 1 is 1.55 bits per heavy atom. The second kappa shape index (κ2) is 4.43. The smallest absolute Gasteiger partial charge is 0.0381 e. The van der Waals surface area contributed by atoms with Gasteiger partial charge in [0.05, 0.1) is 0 Å². The van der Waals surface area contributed by atoms with Crippen molar-refractivity contribution in [2.24, 2.45) is 0 Å². The SMILES string of the molecule is Cc1cscc1C#CCCCl. The molecule has 0 aromatic carbocycles. The molecule has 0 aliphatic carbocycles. The molecule has 0 bridgehead atoms. The normalized spacial score (nSPS) is 8.91. The summed E-state index contributed by atoms with van der Waals surface area (Å²) in [4.78, 5) is 0. The maximum atomic E-state index is 5.48. The molecule has 0 amide bonds. The maximum Gasteiger partial charge on any atom is 0.0381 e. The van der Waals surface area contributed by atoms with Gasteiger partial charge in [0.25, 0.3) is 0 Å². The van der Waals surface area contributed by atoms with Gasteiger partial charge in [-0.15, -0.1) is 11.6 Å². The third-order valence-electron chi connectivity index (χ3n) is 1.30. The lowest BCUT2D eigenvalue weighted by Crippen LogP contribution is -1.72. The number of aryl methyl sites for hydroxylation is 1. The molecule has 11 heavy (non-hydrogen) atoms. The van der Waals surface area contributed by atoms with Crippen LogP contribution in [0.1, 0.15) is 17.5 Å². The zero-order chi connectivity index (χ0) is 8.10. The third kappa shape index (κ3) is 2.57. The average Bonchev–Trinajstić information content (AvgIpc) is 2.37. The second-order valence-electron chi connectivity index (χ2n) is 2.21. The Bertz CT molecular complexity index is 277. The predicted molar refractivity (Wildman–Crippen MR) is 51.3 cm³/mol. The summed E-state index contributed by atoms with van der Waals surface area (Å²) in [7, 11) is 0. The van der Waals surface area contributed by atoms with E-state index in [9.17, 15) is 0 Å². The molecule has 0 atom stereocenters. The molecule has 0 saturated carbocycles. The highest BCUT2D eigenvalue weighted by molar-refractivity contribution is 7.08. The summed E-state index contributed by atoms with van der Waals surface area (Å²) in [6.45, 7) is 2.07. The van der Waals surface area contributed by atoms with Crippen LogP contribution in [-0.2, 0) is 0 Å². The molecule has 0 aliphatic heterocycles. The van der Waals surface area contributed by atoms with Crippen LogP contribution >= 0.6 is 22.9 Å². The van der Waals surface area contributed by atoms with Crippen molar-refractivity contribution >= 4 is 22.9 Å². The van der Waals surface area contributed by atoms with Gasteiger partial charge in [0, 0.05) is 23.2 Å². The quantitative estimate of drug-likeness (QED) is 0.465. The van der Waals surface area contributed by atoms with Crippen LogP contribution in [0.25, 0.3) is 0 Å². The van der Waals surface area contributed by atoms with Crippen molar-refractivity contribution in [3.05, 3.63) is 21.9 Å². The fourth-order valence-corrected chi connectivity index (χ4v) is 1.57. The molecule has 58 valence electrons. The lowest BCUT2D eigenvalue weighted by molar-refractivity contribution is 1.29. The molecule has 0 nitrogen and oxygen atoms in total. The number of rotatable bonds is 1. The number of alkyl halides is 1. The van der Waals surface area contributed by atoms with Crippen molar-refractivity contribution in [1.29, 1.82) is 0 Å². The van der Waals surface area contributed by atoms with Crippen LogP contribution < -0.4 is 0 Å². The molecule has 2 heteroatoms. The van der Waals surface area contributed by atoms with E-state index in [-0.39, 0.29) is 0 Å². The van der Waals surface area contributed by atoms with E-state index in [4.69, 9.17) is 11.6 Å². The molecule has 0 N–H and O–H groups in total. The lowest BCUT2D eigenvalue weighted by Gasteiger charge is -1.83. The van der Waals surface area contributed by atoms with Gasteiger partial charge in [0.2, 0.25) is 0 Å². The van der Waals surface area contributed by atoms with Gasteiger partial charge >= 0.3 is 0 Å². The van der Waals surface area contributed by atoms with Gasteiger partial charge in [0.1, 0.15) is 0 Å². The average molecular weight is 185 g/mol. The summed E-state index contributed by atoms with van der Waals surface area (Å²) in [6, 6.07) is 0. The van der Waals surface area contributed by atoms with E-state index in [0.717, 1.165) is 12.0 Å². The first kappa shape index (κ1) is 8.64. The third-order valence-corrected chi connectivity index (χ3v) is 2.35. The van der Waals surface area contributed by atoms with E-state index in [1.807, 2.05) is 0 Å². The Morgan fingerprint density at radius 2 is 2.36 bits per heavy atom. The first-order valence-electron chi connectivity index (χ1n) is 3.42. The molecule has 1 rings (SSSR count). The van der Waals surface area contributed by atoms with Crippen LogP contribution in [0.5, 0.6) is 0 Å². The fourth-order valence-electron chi connectivity index (χ4n) is 0.694. The van der Waals surface area contributed by atoms with E-state index in [0.29, 0.717) is 5.88 Å². The van der Waals surface area contributed by atoms with Gasteiger partial charge < -0.3 is 0 Å². The van der Waals surface area contributed by atoms with Crippen molar-refractivity contribution in [2.75, 3.05) is 5.88 Å². The van der Waals surface area contributed by atoms with Crippen molar-refractivity contribution in [2.45, 2.75) is 13.3 Å². The summed E-state index contributed by atoms with van der Waals surface area (Å²) >= 11 is 7.17. The summed E-state index contributed by atoms with van der Waals surface area (Å²) in [6.07, 6.45) is 0.775. The minimum absolute atomic E-state index is 0.621. The number of thiophene rings is 1. The molecular formula is C9H9ClS. The van der Waals surface area contributed by atoms with Crippen molar-refractivity contribution in [1.82, 2.24) is 0 Å². The highest BCUT2D eigenvalue weighted by Gasteiger charge is 1.91. The predicted octanol–water partition coefficient (Wildman–Crippen LogP) is 3.04. The van der Waals surface area contributed by atoms with E-state index in [1.54, 1.807) is 11.3 Å². The highest BCUT2D eigenvalue weighted by Crippen LogP contribution is 2.11. The molecule has 0 saturated heterocycles. The lowest BCUT2D eigenvalue weighted by atomic mass is 10.2. The van der Waals surface area contributed by atoms with Crippen molar-refractivity contribution in [3.8, 4) is 11.8 Å². The Morgan fingerprint density at radius 3 is 2.91 bits per heavy atom. The summed E-state index contributed by atoms with van der Waals surface area (Å²) in [5.41, 5.74) is 2.40. The van der Waals surface area contributed by atoms with Crippen molar-refractivity contribution < 1.29 is 0 Å². The molecule has 1 heterocycles. The van der Waals surface area contributed by atoms with Crippen LogP contribution in [0, 0.1) is 18.8 Å². The van der Waals surface area contributed by atoms with Crippen LogP contribution in [0.4, 0.5) is 0 Å². The first-order valence-corrected chi connectivity index (χ1v) is 4.90. The largest absolute Gasteiger partial charge is 0.151 e. The van der Waals surface area contributed by atoms with Gasteiger partial charge in [-0.3, -0.25) is 0 Å². The Hall–Kier alpha value is -0.450. The number of halogens is 1. The number of hydrogen-bond acceptors (Lipinski definition) is 1. The van der Waals surface area contributed by atoms with Crippen LogP contribution in [0.2, 0.25) is 0 Å². The molecule has 0 radical (unpaired) electrons. The van der Waals surface area contributed by atoms with Gasteiger partial charge in [0.15, 0.2) is 0 Å². The molecule has 1 aromatic rings. The molecule has 0 spiro atoms. The molecule has 0 unspecified atom stereocenters. The first-order chi connectivity index (χ1) is 5.34. The minimum atomic E-state index is 0.621. The number of hydrogen-bond donors (Lipinski definition) is 0. The zero-order valence-electron chi connectivity index (χ0n) is 6.36. The summed E-state index contributed by atoms with van der Waals surface area (Å²) in [5, 5.41) is 4.17. The van der Waals surface area contributed by atoms with Gasteiger partial charge in [-0.2, -0.15) is 11.3 Å². The summed E-state index contributed by atoms with van der Waals surface area (Å²) in [5.74, 6) is 6.69.